The molecular weight excluding hydrogens is 481 g/mol. The predicted octanol–water partition coefficient (Wildman–Crippen LogP) is 3.63. The average Bonchev–Trinajstić information content (AvgIpc) is 3.23. The zero-order chi connectivity index (χ0) is 20.4. The molecule has 29 heavy (non-hydrogen) atoms. The summed E-state index contributed by atoms with van der Waals surface area (Å²) in [5, 5.41) is 16.3. The van der Waals surface area contributed by atoms with Crippen LogP contribution in [0.1, 0.15) is 51.2 Å². The number of nitrogens with zero attached hydrogens (tertiary/aromatic N) is 1. The second kappa shape index (κ2) is 13.3. The first-order valence-electron chi connectivity index (χ1n) is 10.5. The van der Waals surface area contributed by atoms with Crippen LogP contribution in [-0.4, -0.2) is 50.1 Å². The van der Waals surface area contributed by atoms with Gasteiger partial charge in [0.25, 0.3) is 0 Å². The first-order chi connectivity index (χ1) is 13.5. The van der Waals surface area contributed by atoms with Crippen LogP contribution in [-0.2, 0) is 11.3 Å². The van der Waals surface area contributed by atoms with E-state index in [1.165, 1.54) is 5.56 Å². The van der Waals surface area contributed by atoms with Crippen molar-refractivity contribution < 1.29 is 14.6 Å². The van der Waals surface area contributed by atoms with Crippen molar-refractivity contribution in [3.8, 4) is 5.75 Å². The van der Waals surface area contributed by atoms with E-state index in [1.54, 1.807) is 0 Å². The SMILES string of the molecule is CCNC(=NCc1ccc(C)cc1OCC1CCCO1)NCC(C)(CC)CO.I. The van der Waals surface area contributed by atoms with Crippen LogP contribution in [0.3, 0.4) is 0 Å². The second-order valence-electron chi connectivity index (χ2n) is 7.93. The Balaban J connectivity index is 0.00000420. The lowest BCUT2D eigenvalue weighted by molar-refractivity contribution is 0.0676. The fourth-order valence-electron chi connectivity index (χ4n) is 2.98. The molecule has 0 bridgehead atoms. The summed E-state index contributed by atoms with van der Waals surface area (Å²) >= 11 is 0. The smallest absolute Gasteiger partial charge is 0.191 e. The van der Waals surface area contributed by atoms with Gasteiger partial charge in [-0.1, -0.05) is 26.0 Å². The Morgan fingerprint density at radius 1 is 1.34 bits per heavy atom. The van der Waals surface area contributed by atoms with Gasteiger partial charge in [0.05, 0.1) is 19.3 Å². The van der Waals surface area contributed by atoms with E-state index in [1.807, 2.05) is 6.92 Å². The largest absolute Gasteiger partial charge is 0.491 e. The average molecular weight is 519 g/mol. The maximum atomic E-state index is 9.62. The van der Waals surface area contributed by atoms with Gasteiger partial charge >= 0.3 is 0 Å². The molecule has 1 aromatic rings. The minimum atomic E-state index is -0.157. The molecule has 0 radical (unpaired) electrons. The van der Waals surface area contributed by atoms with E-state index in [0.29, 0.717) is 19.7 Å². The molecule has 6 nitrogen and oxygen atoms in total. The van der Waals surface area contributed by atoms with Gasteiger partial charge in [0.15, 0.2) is 5.96 Å². The lowest BCUT2D eigenvalue weighted by atomic mass is 9.89. The maximum Gasteiger partial charge on any atom is 0.191 e. The molecule has 0 aliphatic carbocycles. The summed E-state index contributed by atoms with van der Waals surface area (Å²) < 4.78 is 11.7. The molecule has 1 aliphatic heterocycles. The van der Waals surface area contributed by atoms with E-state index in [4.69, 9.17) is 14.5 Å². The molecule has 2 rings (SSSR count). The van der Waals surface area contributed by atoms with Gasteiger partial charge in [-0.2, -0.15) is 0 Å². The standard InChI is InChI=1S/C22H37N3O3.HI/c1-5-22(4,16-26)15-25-21(23-6-2)24-13-18-10-9-17(3)12-20(18)28-14-19-8-7-11-27-19;/h9-10,12,19,26H,5-8,11,13-16H2,1-4H3,(H2,23,24,25);1H. The van der Waals surface area contributed by atoms with E-state index in [9.17, 15) is 5.11 Å². The third-order valence-corrected chi connectivity index (χ3v) is 5.34. The monoisotopic (exact) mass is 519 g/mol. The Bertz CT molecular complexity index is 630. The topological polar surface area (TPSA) is 75.1 Å². The van der Waals surface area contributed by atoms with Crippen molar-refractivity contribution in [3.63, 3.8) is 0 Å². The zero-order valence-corrected chi connectivity index (χ0v) is 20.6. The molecule has 166 valence electrons. The summed E-state index contributed by atoms with van der Waals surface area (Å²) in [6, 6.07) is 6.24. The van der Waals surface area contributed by atoms with Crippen LogP contribution in [0, 0.1) is 12.3 Å². The van der Waals surface area contributed by atoms with Gasteiger partial charge in [-0.15, -0.1) is 24.0 Å². The quantitative estimate of drug-likeness (QED) is 0.250. The van der Waals surface area contributed by atoms with E-state index >= 15 is 0 Å². The minimum Gasteiger partial charge on any atom is -0.491 e. The Morgan fingerprint density at radius 2 is 2.14 bits per heavy atom. The number of aliphatic hydroxyl groups is 1. The highest BCUT2D eigenvalue weighted by atomic mass is 127. The summed E-state index contributed by atoms with van der Waals surface area (Å²) in [5.74, 6) is 1.63. The number of ether oxygens (including phenoxy) is 2. The fourth-order valence-corrected chi connectivity index (χ4v) is 2.98. The van der Waals surface area contributed by atoms with Gasteiger partial charge < -0.3 is 25.2 Å². The summed E-state index contributed by atoms with van der Waals surface area (Å²) in [7, 11) is 0. The minimum absolute atomic E-state index is 0. The number of rotatable bonds is 10. The van der Waals surface area contributed by atoms with Crippen LogP contribution < -0.4 is 15.4 Å². The highest BCUT2D eigenvalue weighted by molar-refractivity contribution is 14.0. The first-order valence-corrected chi connectivity index (χ1v) is 10.5. The number of aliphatic imine (C=N–C) groups is 1. The van der Waals surface area contributed by atoms with Gasteiger partial charge in [0.1, 0.15) is 12.4 Å². The molecule has 2 atom stereocenters. The van der Waals surface area contributed by atoms with Crippen LogP contribution in [0.15, 0.2) is 23.2 Å². The molecule has 7 heteroatoms. The number of halogens is 1. The molecule has 0 saturated carbocycles. The van der Waals surface area contributed by atoms with Gasteiger partial charge in [0.2, 0.25) is 0 Å². The second-order valence-corrected chi connectivity index (χ2v) is 7.93. The molecule has 1 aliphatic rings. The lowest BCUT2D eigenvalue weighted by Crippen LogP contribution is -2.43. The third kappa shape index (κ3) is 8.68. The molecule has 2 unspecified atom stereocenters. The Kier molecular flexibility index (Phi) is 11.9. The van der Waals surface area contributed by atoms with Crippen molar-refractivity contribution in [2.45, 2.75) is 59.6 Å². The van der Waals surface area contributed by atoms with Crippen LogP contribution >= 0.6 is 24.0 Å². The molecule has 0 amide bonds. The summed E-state index contributed by atoms with van der Waals surface area (Å²) in [5.41, 5.74) is 2.07. The Morgan fingerprint density at radius 3 is 2.76 bits per heavy atom. The van der Waals surface area contributed by atoms with Crippen molar-refractivity contribution in [3.05, 3.63) is 29.3 Å². The van der Waals surface area contributed by atoms with Crippen molar-refractivity contribution in [2.75, 3.05) is 32.9 Å². The van der Waals surface area contributed by atoms with E-state index in [-0.39, 0.29) is 42.1 Å². The van der Waals surface area contributed by atoms with Gasteiger partial charge in [0, 0.05) is 30.7 Å². The molecule has 3 N–H and O–H groups in total. The number of nitrogens with one attached hydrogen (secondary N) is 2. The lowest BCUT2D eigenvalue weighted by Gasteiger charge is -2.27. The predicted molar refractivity (Wildman–Crippen MR) is 129 cm³/mol. The fraction of sp³-hybridized carbons (Fsp3) is 0.682. The number of aryl methyl sites for hydroxylation is 1. The van der Waals surface area contributed by atoms with Crippen LogP contribution in [0.5, 0.6) is 5.75 Å². The normalized spacial score (nSPS) is 18.7. The van der Waals surface area contributed by atoms with Gasteiger partial charge in [-0.3, -0.25) is 0 Å². The summed E-state index contributed by atoms with van der Waals surface area (Å²) in [6.45, 7) is 11.8. The van der Waals surface area contributed by atoms with Gasteiger partial charge in [-0.05, 0) is 44.7 Å². The van der Waals surface area contributed by atoms with Crippen LogP contribution in [0.25, 0.3) is 0 Å². The highest BCUT2D eigenvalue weighted by Crippen LogP contribution is 2.23. The molecule has 0 aromatic heterocycles. The first kappa shape index (κ1) is 26.0. The van der Waals surface area contributed by atoms with Crippen LogP contribution in [0.4, 0.5) is 0 Å². The van der Waals surface area contributed by atoms with Crippen molar-refractivity contribution in [2.24, 2.45) is 10.4 Å². The Labute approximate surface area is 192 Å². The Hall–Kier alpha value is -1.06. The number of benzene rings is 1. The van der Waals surface area contributed by atoms with E-state index in [0.717, 1.165) is 49.7 Å². The van der Waals surface area contributed by atoms with E-state index < -0.39 is 0 Å². The van der Waals surface area contributed by atoms with Crippen LogP contribution in [0.2, 0.25) is 0 Å². The van der Waals surface area contributed by atoms with Crippen molar-refractivity contribution in [1.29, 1.82) is 0 Å². The summed E-state index contributed by atoms with van der Waals surface area (Å²) in [4.78, 5) is 4.73. The molecule has 1 aromatic carbocycles. The van der Waals surface area contributed by atoms with Gasteiger partial charge in [-0.25, -0.2) is 4.99 Å². The molecule has 1 fully saturated rings. The molecule has 0 spiro atoms. The van der Waals surface area contributed by atoms with E-state index in [2.05, 4.69) is 49.6 Å². The maximum absolute atomic E-state index is 9.62. The number of guanidine groups is 1. The van der Waals surface area contributed by atoms with Crippen molar-refractivity contribution >= 4 is 29.9 Å². The highest BCUT2D eigenvalue weighted by Gasteiger charge is 2.21. The molecular formula is C22H38IN3O3. The third-order valence-electron chi connectivity index (χ3n) is 5.34. The summed E-state index contributed by atoms with van der Waals surface area (Å²) in [6.07, 6.45) is 3.27. The van der Waals surface area contributed by atoms with Crippen molar-refractivity contribution in [1.82, 2.24) is 10.6 Å². The molecule has 1 heterocycles. The molecule has 1 saturated heterocycles. The number of aliphatic hydroxyl groups excluding tert-OH is 1. The number of hydrogen-bond donors (Lipinski definition) is 3. The number of hydrogen-bond acceptors (Lipinski definition) is 4. The zero-order valence-electron chi connectivity index (χ0n) is 18.3.